The first kappa shape index (κ1) is 30.4. The molecule has 5 atom stereocenters. The first-order chi connectivity index (χ1) is 21.2. The van der Waals surface area contributed by atoms with Crippen LogP contribution >= 0.6 is 11.6 Å². The number of likely N-dealkylation sites (tertiary alicyclic amines) is 1. The number of anilines is 2. The van der Waals surface area contributed by atoms with Gasteiger partial charge in [-0.15, -0.1) is 0 Å². The van der Waals surface area contributed by atoms with Crippen molar-refractivity contribution in [3.05, 3.63) is 77.4 Å². The van der Waals surface area contributed by atoms with Crippen molar-refractivity contribution in [1.29, 1.82) is 0 Å². The summed E-state index contributed by atoms with van der Waals surface area (Å²) >= 11 is 6.64. The van der Waals surface area contributed by atoms with E-state index in [9.17, 15) is 19.5 Å². The summed E-state index contributed by atoms with van der Waals surface area (Å²) in [5, 5.41) is 10.1. The molecule has 2 fully saturated rings. The number of aryl methyl sites for hydroxylation is 1. The minimum Gasteiger partial charge on any atom is -0.494 e. The number of aliphatic hydroxyl groups is 1. The molecule has 1 unspecified atom stereocenters. The number of ether oxygens (including phenoxy) is 2. The van der Waals surface area contributed by atoms with E-state index in [0.29, 0.717) is 41.7 Å². The Morgan fingerprint density at radius 3 is 2.36 bits per heavy atom. The van der Waals surface area contributed by atoms with Crippen LogP contribution in [0.5, 0.6) is 5.75 Å². The Labute approximate surface area is 262 Å². The molecule has 0 aliphatic carbocycles. The molecule has 2 aromatic carbocycles. The average Bonchev–Trinajstić information content (AvgIpc) is 3.30. The van der Waals surface area contributed by atoms with Crippen LogP contribution in [-0.4, -0.2) is 77.8 Å². The van der Waals surface area contributed by atoms with Crippen LogP contribution in [0.4, 0.5) is 11.4 Å². The first-order valence-corrected chi connectivity index (χ1v) is 15.7. The van der Waals surface area contributed by atoms with Crippen LogP contribution in [0.15, 0.2) is 66.8 Å². The fourth-order valence-electron chi connectivity index (χ4n) is 7.53. The van der Waals surface area contributed by atoms with Crippen molar-refractivity contribution >= 4 is 40.7 Å². The lowest BCUT2D eigenvalue weighted by molar-refractivity contribution is -0.145. The van der Waals surface area contributed by atoms with Gasteiger partial charge in [-0.3, -0.25) is 14.4 Å². The number of carbonyl (C=O) groups is 3. The van der Waals surface area contributed by atoms with Gasteiger partial charge >= 0.3 is 0 Å². The van der Waals surface area contributed by atoms with E-state index in [1.807, 2.05) is 81.5 Å². The Morgan fingerprint density at radius 2 is 1.68 bits per heavy atom. The summed E-state index contributed by atoms with van der Waals surface area (Å²) in [5.41, 5.74) is -0.406. The lowest BCUT2D eigenvalue weighted by Crippen LogP contribution is -2.56. The van der Waals surface area contributed by atoms with Crippen LogP contribution in [0.25, 0.3) is 0 Å². The first-order valence-electron chi connectivity index (χ1n) is 15.3. The maximum Gasteiger partial charge on any atom is 0.253 e. The Kier molecular flexibility index (Phi) is 8.07. The molecule has 3 amide bonds. The molecule has 6 rings (SSSR count). The second-order valence-corrected chi connectivity index (χ2v) is 12.2. The van der Waals surface area contributed by atoms with Gasteiger partial charge in [0.05, 0.1) is 34.8 Å². The van der Waals surface area contributed by atoms with Crippen molar-refractivity contribution in [3.8, 4) is 5.75 Å². The molecule has 0 aromatic heterocycles. The van der Waals surface area contributed by atoms with Crippen LogP contribution in [0.1, 0.15) is 32.3 Å². The molecule has 4 aliphatic heterocycles. The number of nitrogens with zero attached hydrogens (tertiary/aromatic N) is 3. The molecule has 4 heterocycles. The summed E-state index contributed by atoms with van der Waals surface area (Å²) in [6.07, 6.45) is 8.23. The fourth-order valence-corrected chi connectivity index (χ4v) is 7.85. The van der Waals surface area contributed by atoms with E-state index in [0.717, 1.165) is 5.56 Å². The Bertz CT molecular complexity index is 1510. The van der Waals surface area contributed by atoms with Gasteiger partial charge in [0.25, 0.3) is 5.91 Å². The Morgan fingerprint density at radius 1 is 0.955 bits per heavy atom. The molecule has 4 aliphatic rings. The molecule has 0 bridgehead atoms. The molecule has 9 nitrogen and oxygen atoms in total. The summed E-state index contributed by atoms with van der Waals surface area (Å²) in [6, 6.07) is 11.7. The third-order valence-electron chi connectivity index (χ3n) is 9.41. The van der Waals surface area contributed by atoms with Crippen molar-refractivity contribution in [2.75, 3.05) is 42.6 Å². The number of hydrogen-bond acceptors (Lipinski definition) is 6. The molecule has 0 radical (unpaired) electrons. The standard InChI is InChI=1S/C34H38ClN3O6/c1-4-33-16-7-18-36(23-12-14-24(15-13-23)43-5-2)30(40)26(33)27-31(41)38(20-9-21-39)29-32(42)37(19-8-17-34(27,29)44-33)28-22(3)10-6-11-25(28)35/h6-8,10-17,26-27,29,39H,4-5,9,18-21H2,1-3H3/t26-,27-,29?,33+,34-/m0/s1. The van der Waals surface area contributed by atoms with Crippen molar-refractivity contribution in [2.45, 2.75) is 50.9 Å². The van der Waals surface area contributed by atoms with Crippen molar-refractivity contribution in [2.24, 2.45) is 11.8 Å². The molecule has 1 N–H and O–H groups in total. The van der Waals surface area contributed by atoms with Crippen LogP contribution in [0, 0.1) is 18.8 Å². The lowest BCUT2D eigenvalue weighted by Gasteiger charge is -2.38. The summed E-state index contributed by atoms with van der Waals surface area (Å²) in [6.45, 7) is 6.81. The SMILES string of the molecule is CCOc1ccc(N2CC=C[C@@]3(CC)O[C@]45C=CCN(c6c(C)cccc6Cl)C(=O)C4N(CCCO)C(=O)[C@@H]5[C@H]3C2=O)cc1. The monoisotopic (exact) mass is 619 g/mol. The normalized spacial score (nSPS) is 29.4. The van der Waals surface area contributed by atoms with E-state index in [4.69, 9.17) is 21.1 Å². The van der Waals surface area contributed by atoms with Gasteiger partial charge in [0.1, 0.15) is 17.4 Å². The molecule has 232 valence electrons. The summed E-state index contributed by atoms with van der Waals surface area (Å²) in [5.74, 6) is -2.01. The highest BCUT2D eigenvalue weighted by molar-refractivity contribution is 6.34. The molecule has 10 heteroatoms. The van der Waals surface area contributed by atoms with E-state index >= 15 is 0 Å². The van der Waals surface area contributed by atoms with Crippen LogP contribution in [0.2, 0.25) is 5.02 Å². The number of halogens is 1. The number of amides is 3. The number of para-hydroxylation sites is 1. The van der Waals surface area contributed by atoms with Crippen molar-refractivity contribution in [1.82, 2.24) is 4.90 Å². The van der Waals surface area contributed by atoms with Gasteiger partial charge in [-0.1, -0.05) is 55.0 Å². The zero-order valence-corrected chi connectivity index (χ0v) is 26.0. The van der Waals surface area contributed by atoms with Crippen LogP contribution in [0.3, 0.4) is 0 Å². The summed E-state index contributed by atoms with van der Waals surface area (Å²) in [7, 11) is 0. The van der Waals surface area contributed by atoms with E-state index in [1.165, 1.54) is 4.90 Å². The van der Waals surface area contributed by atoms with Gasteiger partial charge in [0, 0.05) is 31.9 Å². The van der Waals surface area contributed by atoms with E-state index in [-0.39, 0.29) is 43.8 Å². The largest absolute Gasteiger partial charge is 0.494 e. The number of hydrogen-bond donors (Lipinski definition) is 1. The number of aliphatic hydroxyl groups excluding tert-OH is 1. The minimum absolute atomic E-state index is 0.148. The number of carbonyl (C=O) groups excluding carboxylic acids is 3. The fraction of sp³-hybridized carbons (Fsp3) is 0.441. The number of rotatable bonds is 8. The lowest BCUT2D eigenvalue weighted by atomic mass is 9.73. The van der Waals surface area contributed by atoms with Crippen LogP contribution in [-0.2, 0) is 19.1 Å². The zero-order valence-electron chi connectivity index (χ0n) is 25.2. The van der Waals surface area contributed by atoms with Gasteiger partial charge in [-0.25, -0.2) is 0 Å². The number of benzene rings is 2. The zero-order chi connectivity index (χ0) is 31.2. The molecule has 44 heavy (non-hydrogen) atoms. The predicted molar refractivity (Wildman–Crippen MR) is 168 cm³/mol. The topological polar surface area (TPSA) is 99.6 Å². The van der Waals surface area contributed by atoms with E-state index in [2.05, 4.69) is 0 Å². The minimum atomic E-state index is -1.39. The third kappa shape index (κ3) is 4.55. The predicted octanol–water partition coefficient (Wildman–Crippen LogP) is 4.30. The van der Waals surface area contributed by atoms with Gasteiger partial charge in [0.15, 0.2) is 0 Å². The maximum atomic E-state index is 14.7. The van der Waals surface area contributed by atoms with Crippen LogP contribution < -0.4 is 14.5 Å². The quantitative estimate of drug-likeness (QED) is 0.443. The highest BCUT2D eigenvalue weighted by Crippen LogP contribution is 2.59. The Hall–Kier alpha value is -3.66. The van der Waals surface area contributed by atoms with Gasteiger partial charge in [-0.05, 0) is 62.6 Å². The van der Waals surface area contributed by atoms with Gasteiger partial charge in [0.2, 0.25) is 11.8 Å². The van der Waals surface area contributed by atoms with Crippen molar-refractivity contribution in [3.63, 3.8) is 0 Å². The molecule has 1 spiro atoms. The van der Waals surface area contributed by atoms with Gasteiger partial charge < -0.3 is 29.3 Å². The molecule has 2 saturated heterocycles. The Balaban J connectivity index is 1.46. The smallest absolute Gasteiger partial charge is 0.253 e. The third-order valence-corrected chi connectivity index (χ3v) is 9.72. The highest BCUT2D eigenvalue weighted by Gasteiger charge is 2.75. The summed E-state index contributed by atoms with van der Waals surface area (Å²) in [4.78, 5) is 48.7. The van der Waals surface area contributed by atoms with Crippen molar-refractivity contribution < 1.29 is 29.0 Å². The highest BCUT2D eigenvalue weighted by atomic mass is 35.5. The van der Waals surface area contributed by atoms with E-state index < -0.39 is 29.1 Å². The second-order valence-electron chi connectivity index (χ2n) is 11.8. The molecular weight excluding hydrogens is 582 g/mol. The second kappa shape index (κ2) is 11.7. The average molecular weight is 620 g/mol. The summed E-state index contributed by atoms with van der Waals surface area (Å²) < 4.78 is 12.6. The maximum absolute atomic E-state index is 14.7. The van der Waals surface area contributed by atoms with E-state index in [1.54, 1.807) is 15.9 Å². The molecule has 0 saturated carbocycles. The number of fused-ring (bicyclic) bond motifs is 2. The molecule has 2 aromatic rings. The molecular formula is C34H38ClN3O6. The van der Waals surface area contributed by atoms with Gasteiger partial charge in [-0.2, -0.15) is 0 Å².